The van der Waals surface area contributed by atoms with Gasteiger partial charge in [-0.25, -0.2) is 4.98 Å². The second kappa shape index (κ2) is 7.63. The number of hydrogen-bond acceptors (Lipinski definition) is 6. The van der Waals surface area contributed by atoms with Crippen molar-refractivity contribution in [1.29, 1.82) is 0 Å². The first-order chi connectivity index (χ1) is 14.0. The number of fused-ring (bicyclic) bond motifs is 1. The van der Waals surface area contributed by atoms with Crippen molar-refractivity contribution in [2.45, 2.75) is 25.2 Å². The van der Waals surface area contributed by atoms with Crippen molar-refractivity contribution in [3.05, 3.63) is 80.3 Å². The lowest BCUT2D eigenvalue weighted by Crippen LogP contribution is -2.41. The highest BCUT2D eigenvalue weighted by Gasteiger charge is 2.36. The topological polar surface area (TPSA) is 98.8 Å². The van der Waals surface area contributed by atoms with Crippen LogP contribution in [-0.2, 0) is 10.2 Å². The molecule has 1 fully saturated rings. The van der Waals surface area contributed by atoms with Crippen LogP contribution in [0.2, 0.25) is 0 Å². The highest BCUT2D eigenvalue weighted by molar-refractivity contribution is 5.60. The van der Waals surface area contributed by atoms with Crippen molar-refractivity contribution in [1.82, 2.24) is 9.38 Å². The summed E-state index contributed by atoms with van der Waals surface area (Å²) in [4.78, 5) is 28.0. The molecule has 1 saturated heterocycles. The van der Waals surface area contributed by atoms with Gasteiger partial charge in [0.05, 0.1) is 4.92 Å². The van der Waals surface area contributed by atoms with Crippen LogP contribution in [0.1, 0.15) is 24.0 Å². The number of benzene rings is 1. The highest BCUT2D eigenvalue weighted by atomic mass is 16.6. The lowest BCUT2D eigenvalue weighted by atomic mass is 9.72. The lowest BCUT2D eigenvalue weighted by molar-refractivity contribution is -0.385. The van der Waals surface area contributed by atoms with Crippen molar-refractivity contribution in [3.8, 4) is 0 Å². The molecule has 0 amide bonds. The Bertz CT molecular complexity index is 1120. The first kappa shape index (κ1) is 19.1. The van der Waals surface area contributed by atoms with E-state index in [0.717, 1.165) is 18.4 Å². The number of hydrogen-bond donors (Lipinski definition) is 1. The zero-order valence-electron chi connectivity index (χ0n) is 16.1. The highest BCUT2D eigenvalue weighted by Crippen LogP contribution is 2.37. The Balaban J connectivity index is 1.76. The van der Waals surface area contributed by atoms with Crippen LogP contribution in [0.15, 0.2) is 53.5 Å². The van der Waals surface area contributed by atoms with Gasteiger partial charge in [-0.05, 0) is 43.0 Å². The third kappa shape index (κ3) is 3.47. The van der Waals surface area contributed by atoms with Gasteiger partial charge in [0.2, 0.25) is 5.82 Å². The number of aromatic nitrogens is 2. The average Bonchev–Trinajstić information content (AvgIpc) is 2.73. The number of nitrogens with zero attached hydrogens (tertiary/aromatic N) is 3. The van der Waals surface area contributed by atoms with Crippen molar-refractivity contribution in [2.75, 3.05) is 25.1 Å². The van der Waals surface area contributed by atoms with E-state index in [0.29, 0.717) is 25.4 Å². The van der Waals surface area contributed by atoms with Gasteiger partial charge in [-0.3, -0.25) is 19.3 Å². The van der Waals surface area contributed by atoms with Crippen molar-refractivity contribution < 1.29 is 9.66 Å². The van der Waals surface area contributed by atoms with Crippen LogP contribution >= 0.6 is 0 Å². The van der Waals surface area contributed by atoms with Gasteiger partial charge in [-0.15, -0.1) is 0 Å². The minimum Gasteiger partial charge on any atom is -0.381 e. The van der Waals surface area contributed by atoms with Crippen molar-refractivity contribution in [2.24, 2.45) is 0 Å². The van der Waals surface area contributed by atoms with E-state index in [2.05, 4.69) is 29.4 Å². The number of nitrogens with one attached hydrogen (secondary N) is 1. The Morgan fingerprint density at radius 3 is 2.66 bits per heavy atom. The molecule has 150 valence electrons. The zero-order chi connectivity index (χ0) is 20.4. The van der Waals surface area contributed by atoms with Crippen LogP contribution in [0.3, 0.4) is 0 Å². The monoisotopic (exact) mass is 394 g/mol. The smallest absolute Gasteiger partial charge is 0.376 e. The molecule has 1 aliphatic rings. The molecule has 0 bridgehead atoms. The summed E-state index contributed by atoms with van der Waals surface area (Å²) in [5.74, 6) is 0.00523. The standard InChI is InChI=1S/C21H22N4O4/c1-15-6-2-3-7-16(15)21(9-12-29-13-10-21)14-22-19-18(25(27)28)20(26)24-11-5-4-8-17(24)23-19/h2-8,11,22H,9-10,12-14H2,1H3. The molecule has 4 rings (SSSR count). The Morgan fingerprint density at radius 1 is 1.21 bits per heavy atom. The molecule has 0 atom stereocenters. The molecule has 1 aliphatic heterocycles. The Morgan fingerprint density at radius 2 is 1.93 bits per heavy atom. The predicted octanol–water partition coefficient (Wildman–Crippen LogP) is 3.07. The maximum atomic E-state index is 12.7. The fourth-order valence-corrected chi connectivity index (χ4v) is 4.09. The quantitative estimate of drug-likeness (QED) is 0.527. The van der Waals surface area contributed by atoms with Crippen LogP contribution in [-0.4, -0.2) is 34.1 Å². The number of anilines is 1. The van der Waals surface area contributed by atoms with E-state index in [9.17, 15) is 14.9 Å². The fraction of sp³-hybridized carbons (Fsp3) is 0.333. The largest absolute Gasteiger partial charge is 0.381 e. The molecule has 0 spiro atoms. The van der Waals surface area contributed by atoms with Crippen LogP contribution in [0.5, 0.6) is 0 Å². The number of ether oxygens (including phenoxy) is 1. The normalized spacial score (nSPS) is 15.9. The first-order valence-electron chi connectivity index (χ1n) is 9.55. The number of rotatable bonds is 5. The summed E-state index contributed by atoms with van der Waals surface area (Å²) >= 11 is 0. The molecular weight excluding hydrogens is 372 g/mol. The second-order valence-corrected chi connectivity index (χ2v) is 7.36. The minimum atomic E-state index is -0.694. The molecule has 1 aromatic carbocycles. The number of pyridine rings is 1. The molecule has 0 aliphatic carbocycles. The van der Waals surface area contributed by atoms with Gasteiger partial charge in [0.1, 0.15) is 5.65 Å². The molecule has 0 saturated carbocycles. The van der Waals surface area contributed by atoms with Gasteiger partial charge in [0.25, 0.3) is 0 Å². The Labute approximate surface area is 167 Å². The number of aryl methyl sites for hydroxylation is 1. The van der Waals surface area contributed by atoms with Crippen LogP contribution in [0, 0.1) is 17.0 Å². The first-order valence-corrected chi connectivity index (χ1v) is 9.55. The molecule has 8 heteroatoms. The molecule has 2 aromatic heterocycles. The van der Waals surface area contributed by atoms with E-state index in [-0.39, 0.29) is 11.2 Å². The maximum absolute atomic E-state index is 12.7. The fourth-order valence-electron chi connectivity index (χ4n) is 4.09. The second-order valence-electron chi connectivity index (χ2n) is 7.36. The minimum absolute atomic E-state index is 0.00523. The molecule has 0 radical (unpaired) electrons. The van der Waals surface area contributed by atoms with E-state index in [1.54, 1.807) is 18.2 Å². The summed E-state index contributed by atoms with van der Waals surface area (Å²) in [5, 5.41) is 14.8. The maximum Gasteiger partial charge on any atom is 0.376 e. The van der Waals surface area contributed by atoms with Gasteiger partial charge in [0.15, 0.2) is 0 Å². The third-order valence-corrected chi connectivity index (χ3v) is 5.65. The van der Waals surface area contributed by atoms with Crippen LogP contribution in [0.4, 0.5) is 11.5 Å². The van der Waals surface area contributed by atoms with Gasteiger partial charge in [-0.2, -0.15) is 0 Å². The van der Waals surface area contributed by atoms with Crippen molar-refractivity contribution in [3.63, 3.8) is 0 Å². The van der Waals surface area contributed by atoms with Crippen LogP contribution < -0.4 is 10.9 Å². The van der Waals surface area contributed by atoms with Gasteiger partial charge in [0, 0.05) is 31.4 Å². The molecule has 29 heavy (non-hydrogen) atoms. The van der Waals surface area contributed by atoms with Gasteiger partial charge in [-0.1, -0.05) is 30.3 Å². The van der Waals surface area contributed by atoms with Crippen LogP contribution in [0.25, 0.3) is 5.65 Å². The molecule has 1 N–H and O–H groups in total. The van der Waals surface area contributed by atoms with E-state index in [1.807, 2.05) is 12.1 Å². The van der Waals surface area contributed by atoms with E-state index >= 15 is 0 Å². The number of nitro groups is 1. The SMILES string of the molecule is Cc1ccccc1C1(CNc2nc3ccccn3c(=O)c2[N+](=O)[O-])CCOCC1. The summed E-state index contributed by atoms with van der Waals surface area (Å²) in [6.45, 7) is 3.73. The predicted molar refractivity (Wildman–Crippen MR) is 110 cm³/mol. The van der Waals surface area contributed by atoms with Gasteiger partial charge >= 0.3 is 11.2 Å². The average molecular weight is 394 g/mol. The van der Waals surface area contributed by atoms with E-state index < -0.39 is 16.2 Å². The third-order valence-electron chi connectivity index (χ3n) is 5.65. The lowest BCUT2D eigenvalue weighted by Gasteiger charge is -2.39. The molecule has 8 nitrogen and oxygen atoms in total. The Hall–Kier alpha value is -3.26. The Kier molecular flexibility index (Phi) is 5.02. The molecular formula is C21H22N4O4. The molecule has 3 heterocycles. The summed E-state index contributed by atoms with van der Waals surface area (Å²) in [6, 6.07) is 13.2. The van der Waals surface area contributed by atoms with E-state index in [4.69, 9.17) is 4.74 Å². The summed E-state index contributed by atoms with van der Waals surface area (Å²) in [7, 11) is 0. The summed E-state index contributed by atoms with van der Waals surface area (Å²) < 4.78 is 6.76. The zero-order valence-corrected chi connectivity index (χ0v) is 16.1. The van der Waals surface area contributed by atoms with Crippen molar-refractivity contribution >= 4 is 17.2 Å². The van der Waals surface area contributed by atoms with E-state index in [1.165, 1.54) is 16.2 Å². The molecule has 0 unspecified atom stereocenters. The summed E-state index contributed by atoms with van der Waals surface area (Å²) in [6.07, 6.45) is 3.05. The van der Waals surface area contributed by atoms with Gasteiger partial charge < -0.3 is 10.1 Å². The summed E-state index contributed by atoms with van der Waals surface area (Å²) in [5.41, 5.74) is 1.23. The molecule has 3 aromatic rings.